The molecule has 5 rings (SSSR count). The molecule has 2 amide bonds. The Morgan fingerprint density at radius 1 is 1.00 bits per heavy atom. The van der Waals surface area contributed by atoms with Crippen LogP contribution in [0.15, 0.2) is 65.1 Å². The van der Waals surface area contributed by atoms with E-state index in [0.29, 0.717) is 50.1 Å². The molecule has 1 saturated heterocycles. The van der Waals surface area contributed by atoms with Crippen molar-refractivity contribution < 1.29 is 23.5 Å². The molecule has 3 aromatic rings. The fourth-order valence-corrected chi connectivity index (χ4v) is 5.64. The fourth-order valence-electron chi connectivity index (χ4n) is 5.52. The number of fused-ring (bicyclic) bond motifs is 1. The highest BCUT2D eigenvalue weighted by Crippen LogP contribution is 2.31. The Labute approximate surface area is 241 Å². The topological polar surface area (TPSA) is 72.2 Å². The van der Waals surface area contributed by atoms with E-state index in [9.17, 15) is 9.59 Å². The van der Waals surface area contributed by atoms with Crippen LogP contribution in [0.25, 0.3) is 11.3 Å². The monoisotopic (exact) mass is 564 g/mol. The van der Waals surface area contributed by atoms with E-state index in [1.165, 1.54) is 5.56 Å². The number of hydrogen-bond acceptors (Lipinski definition) is 5. The molecule has 0 saturated carbocycles. The molecular weight excluding hydrogens is 528 g/mol. The maximum atomic E-state index is 14.2. The summed E-state index contributed by atoms with van der Waals surface area (Å²) in [5.41, 5.74) is 0.928. The van der Waals surface area contributed by atoms with Gasteiger partial charge in [-0.25, -0.2) is 0 Å². The van der Waals surface area contributed by atoms with E-state index in [1.54, 1.807) is 29.2 Å². The Balaban J connectivity index is 1.37. The van der Waals surface area contributed by atoms with Crippen molar-refractivity contribution in [2.75, 3.05) is 39.4 Å². The molecule has 212 valence electrons. The number of carbonyl (C=O) groups excluding carboxylic acids is 2. The quantitative estimate of drug-likeness (QED) is 0.366. The van der Waals surface area contributed by atoms with Crippen LogP contribution in [-0.2, 0) is 16.0 Å². The lowest BCUT2D eigenvalue weighted by molar-refractivity contribution is -0.170. The Kier molecular flexibility index (Phi) is 9.12. The predicted molar refractivity (Wildman–Crippen MR) is 155 cm³/mol. The molecule has 2 aliphatic rings. The highest BCUT2D eigenvalue weighted by Gasteiger charge is 2.47. The largest absolute Gasteiger partial charge is 0.491 e. The van der Waals surface area contributed by atoms with Crippen LogP contribution in [0.5, 0.6) is 5.75 Å². The average Bonchev–Trinajstić information content (AvgIpc) is 3.47. The van der Waals surface area contributed by atoms with Crippen molar-refractivity contribution >= 4 is 23.4 Å². The van der Waals surface area contributed by atoms with Crippen molar-refractivity contribution in [3.05, 3.63) is 77.0 Å². The van der Waals surface area contributed by atoms with Gasteiger partial charge >= 0.3 is 0 Å². The van der Waals surface area contributed by atoms with Gasteiger partial charge in [0.25, 0.3) is 11.8 Å². The molecule has 2 aliphatic heterocycles. The van der Waals surface area contributed by atoms with Crippen molar-refractivity contribution in [2.24, 2.45) is 0 Å². The number of morpholine rings is 1. The first-order valence-electron chi connectivity index (χ1n) is 14.3. The lowest BCUT2D eigenvalue weighted by atomic mass is 9.90. The normalized spacial score (nSPS) is 20.4. The smallest absolute Gasteiger partial charge is 0.289 e. The van der Waals surface area contributed by atoms with Gasteiger partial charge in [-0.1, -0.05) is 43.1 Å². The molecule has 1 spiro atoms. The number of halogens is 1. The number of furan rings is 1. The Morgan fingerprint density at radius 2 is 1.82 bits per heavy atom. The van der Waals surface area contributed by atoms with Gasteiger partial charge in [-0.15, -0.1) is 0 Å². The maximum Gasteiger partial charge on any atom is 0.289 e. The summed E-state index contributed by atoms with van der Waals surface area (Å²) < 4.78 is 18.4. The lowest BCUT2D eigenvalue weighted by Crippen LogP contribution is -2.62. The molecule has 0 radical (unpaired) electrons. The van der Waals surface area contributed by atoms with Crippen molar-refractivity contribution in [1.29, 1.82) is 0 Å². The minimum atomic E-state index is -1.09. The van der Waals surface area contributed by atoms with E-state index < -0.39 is 5.60 Å². The van der Waals surface area contributed by atoms with Gasteiger partial charge in [0.15, 0.2) is 11.4 Å². The van der Waals surface area contributed by atoms with Gasteiger partial charge in [0.2, 0.25) is 0 Å². The van der Waals surface area contributed by atoms with Crippen LogP contribution in [0.4, 0.5) is 0 Å². The summed E-state index contributed by atoms with van der Waals surface area (Å²) in [6, 6.07) is 18.9. The second-order valence-electron chi connectivity index (χ2n) is 10.5. The van der Waals surface area contributed by atoms with Crippen molar-refractivity contribution in [3.63, 3.8) is 0 Å². The first-order valence-corrected chi connectivity index (χ1v) is 14.7. The van der Waals surface area contributed by atoms with Crippen LogP contribution in [0, 0.1) is 0 Å². The van der Waals surface area contributed by atoms with Crippen LogP contribution in [0.3, 0.4) is 0 Å². The number of benzene rings is 2. The molecule has 40 heavy (non-hydrogen) atoms. The van der Waals surface area contributed by atoms with Gasteiger partial charge in [0.1, 0.15) is 18.1 Å². The molecule has 0 aliphatic carbocycles. The highest BCUT2D eigenvalue weighted by molar-refractivity contribution is 6.30. The molecular formula is C32H37ClN2O5. The van der Waals surface area contributed by atoms with Gasteiger partial charge in [-0.2, -0.15) is 0 Å². The summed E-state index contributed by atoms with van der Waals surface area (Å²) in [4.78, 5) is 31.4. The van der Waals surface area contributed by atoms with Crippen molar-refractivity contribution in [1.82, 2.24) is 9.80 Å². The summed E-state index contributed by atoms with van der Waals surface area (Å²) in [6.07, 6.45) is 4.97. The van der Waals surface area contributed by atoms with E-state index in [0.717, 1.165) is 43.4 Å². The molecule has 8 heteroatoms. The zero-order valence-corrected chi connectivity index (χ0v) is 23.8. The first-order chi connectivity index (χ1) is 19.5. The highest BCUT2D eigenvalue weighted by atomic mass is 35.5. The van der Waals surface area contributed by atoms with Gasteiger partial charge in [0.05, 0.1) is 19.7 Å². The zero-order valence-electron chi connectivity index (χ0n) is 23.1. The zero-order chi connectivity index (χ0) is 28.0. The number of nitrogens with zero attached hydrogens (tertiary/aromatic N) is 2. The second-order valence-corrected chi connectivity index (χ2v) is 11.0. The molecule has 1 atom stereocenters. The van der Waals surface area contributed by atoms with E-state index in [1.807, 2.05) is 35.2 Å². The number of carbonyl (C=O) groups is 2. The average molecular weight is 565 g/mol. The minimum absolute atomic E-state index is 0.0581. The third-order valence-corrected chi connectivity index (χ3v) is 8.00. The van der Waals surface area contributed by atoms with Gasteiger partial charge in [-0.3, -0.25) is 9.59 Å². The lowest BCUT2D eigenvalue weighted by Gasteiger charge is -2.44. The summed E-state index contributed by atoms with van der Waals surface area (Å²) in [6.45, 7) is 4.51. The minimum Gasteiger partial charge on any atom is -0.491 e. The SMILES string of the molecule is CCCCN1CCOc2ccccc2CCCCC2(CN(C(=O)c3ccc(-c4ccc(Cl)cc4)o3)CCO2)C1=O. The van der Waals surface area contributed by atoms with Crippen molar-refractivity contribution in [3.8, 4) is 17.1 Å². The molecule has 2 aromatic carbocycles. The fraction of sp³-hybridized carbons (Fsp3) is 0.438. The molecule has 7 nitrogen and oxygen atoms in total. The Hall–Kier alpha value is -3.29. The van der Waals surface area contributed by atoms with Crippen LogP contribution in [0.1, 0.15) is 55.1 Å². The first kappa shape index (κ1) is 28.2. The molecule has 1 aromatic heterocycles. The van der Waals surface area contributed by atoms with Crippen molar-refractivity contribution in [2.45, 2.75) is 51.0 Å². The molecule has 0 N–H and O–H groups in total. The number of ether oxygens (including phenoxy) is 2. The molecule has 0 bridgehead atoms. The number of amides is 2. The molecule has 3 heterocycles. The third-order valence-electron chi connectivity index (χ3n) is 7.75. The summed E-state index contributed by atoms with van der Waals surface area (Å²) in [7, 11) is 0. The van der Waals surface area contributed by atoms with E-state index in [-0.39, 0.29) is 24.1 Å². The standard InChI is InChI=1S/C32H37ClN2O5/c1-2-3-18-34-19-21-38-27-10-5-4-8-24(27)9-6-7-17-32(31(34)37)23-35(20-22-39-32)30(36)29-16-15-28(40-29)25-11-13-26(33)14-12-25/h4-5,8,10-16H,2-3,6-7,9,17-23H2,1H3. The Bertz CT molecular complexity index is 1310. The van der Waals surface area contributed by atoms with E-state index in [2.05, 4.69) is 13.0 Å². The number of para-hydroxylation sites is 1. The molecule has 1 unspecified atom stereocenters. The van der Waals surface area contributed by atoms with Crippen LogP contribution >= 0.6 is 11.6 Å². The number of unbranched alkanes of at least 4 members (excludes halogenated alkanes) is 1. The van der Waals surface area contributed by atoms with Crippen LogP contribution in [0.2, 0.25) is 5.02 Å². The van der Waals surface area contributed by atoms with Crippen LogP contribution < -0.4 is 4.74 Å². The Morgan fingerprint density at radius 3 is 2.65 bits per heavy atom. The summed E-state index contributed by atoms with van der Waals surface area (Å²) in [5.74, 6) is 1.44. The number of rotatable bonds is 5. The van der Waals surface area contributed by atoms with Crippen LogP contribution in [-0.4, -0.2) is 66.6 Å². The molecule has 1 fully saturated rings. The van der Waals surface area contributed by atoms with E-state index in [4.69, 9.17) is 25.5 Å². The van der Waals surface area contributed by atoms with Gasteiger partial charge in [-0.05, 0) is 80.1 Å². The third kappa shape index (κ3) is 6.37. The second kappa shape index (κ2) is 12.9. The summed E-state index contributed by atoms with van der Waals surface area (Å²) >= 11 is 6.02. The van der Waals surface area contributed by atoms with Gasteiger partial charge < -0.3 is 23.7 Å². The summed E-state index contributed by atoms with van der Waals surface area (Å²) in [5, 5.41) is 0.635. The maximum absolute atomic E-state index is 14.2. The van der Waals surface area contributed by atoms with Gasteiger partial charge in [0, 0.05) is 23.7 Å². The number of hydrogen-bond donors (Lipinski definition) is 0. The number of aryl methyl sites for hydroxylation is 1. The predicted octanol–water partition coefficient (Wildman–Crippen LogP) is 6.25. The van der Waals surface area contributed by atoms with E-state index >= 15 is 0 Å².